The second-order valence-electron chi connectivity index (χ2n) is 14.5. The lowest BCUT2D eigenvalue weighted by Gasteiger charge is -2.35. The highest BCUT2D eigenvalue weighted by molar-refractivity contribution is 5.72. The average molecular weight is 650 g/mol. The number of benzene rings is 1. The Morgan fingerprint density at radius 2 is 1.74 bits per heavy atom. The summed E-state index contributed by atoms with van der Waals surface area (Å²) in [7, 11) is 1.77. The molecule has 0 radical (unpaired) electrons. The average Bonchev–Trinajstić information content (AvgIpc) is 3.86. The maximum atomic E-state index is 11.8. The molecule has 8 heteroatoms. The molecule has 1 aromatic carbocycles. The van der Waals surface area contributed by atoms with Gasteiger partial charge in [-0.05, 0) is 106 Å². The van der Waals surface area contributed by atoms with Gasteiger partial charge in [-0.25, -0.2) is 10.3 Å². The van der Waals surface area contributed by atoms with Crippen molar-refractivity contribution in [3.63, 3.8) is 0 Å². The van der Waals surface area contributed by atoms with Gasteiger partial charge in [0, 0.05) is 47.4 Å². The predicted octanol–water partition coefficient (Wildman–Crippen LogP) is 9.41. The van der Waals surface area contributed by atoms with E-state index in [0.29, 0.717) is 42.8 Å². The van der Waals surface area contributed by atoms with Crippen molar-refractivity contribution < 1.29 is 26.1 Å². The molecule has 2 aliphatic carbocycles. The molecule has 3 N–H and O–H groups in total. The molecule has 1 aliphatic heterocycles. The topological polar surface area (TPSA) is 94.5 Å². The molecule has 0 spiro atoms. The number of methoxy groups -OCH3 is 1. The van der Waals surface area contributed by atoms with Crippen LogP contribution in [0.2, 0.25) is 0 Å². The number of nitrogens with one attached hydrogen (secondary N) is 1. The Morgan fingerprint density at radius 3 is 2.26 bits per heavy atom. The molecule has 2 fully saturated rings. The number of fused-ring (bicyclic) bond motifs is 1. The minimum atomic E-state index is -0.388. The van der Waals surface area contributed by atoms with E-state index in [0.717, 1.165) is 51.8 Å². The molecule has 1 saturated heterocycles. The maximum absolute atomic E-state index is 11.8. The predicted molar refractivity (Wildman–Crippen MR) is 192 cm³/mol. The summed E-state index contributed by atoms with van der Waals surface area (Å²) < 4.78 is 10.5. The van der Waals surface area contributed by atoms with Crippen molar-refractivity contribution in [2.75, 3.05) is 39.9 Å². The van der Waals surface area contributed by atoms with Crippen molar-refractivity contribution in [2.24, 2.45) is 17.8 Å². The number of hydrogen-bond acceptors (Lipinski definition) is 7. The van der Waals surface area contributed by atoms with Crippen LogP contribution in [0.25, 0.3) is 5.57 Å². The van der Waals surface area contributed by atoms with Gasteiger partial charge in [-0.15, -0.1) is 0 Å². The number of rotatable bonds is 11. The SMILES string of the molecule is CC.CC(C)CCNO.COCCCC[C@H]1CC=C(CN(O)C2CC2)c2ccccc21.C[C@@H]1C[C@H](C)CN(C(=O)OC(C)(C)C)C1.[HH]. The third kappa shape index (κ3) is 17.3. The van der Waals surface area contributed by atoms with Gasteiger partial charge in [-0.3, -0.25) is 0 Å². The zero-order chi connectivity index (χ0) is 34.7. The summed E-state index contributed by atoms with van der Waals surface area (Å²) in [5, 5.41) is 19.7. The largest absolute Gasteiger partial charge is 0.444 e. The summed E-state index contributed by atoms with van der Waals surface area (Å²) in [6.07, 6.45) is 11.3. The van der Waals surface area contributed by atoms with Gasteiger partial charge in [0.25, 0.3) is 0 Å². The molecular weight excluding hydrogens is 578 g/mol. The molecule has 268 valence electrons. The highest BCUT2D eigenvalue weighted by Gasteiger charge is 2.30. The number of likely N-dealkylation sites (tertiary alicyclic amines) is 1. The highest BCUT2D eigenvalue weighted by Crippen LogP contribution is 2.38. The van der Waals surface area contributed by atoms with Crippen molar-refractivity contribution in [3.05, 3.63) is 41.5 Å². The first-order chi connectivity index (χ1) is 21.8. The number of unbranched alkanes of at least 4 members (excludes halogenated alkanes) is 1. The molecule has 4 rings (SSSR count). The van der Waals surface area contributed by atoms with E-state index in [4.69, 9.17) is 14.7 Å². The van der Waals surface area contributed by atoms with Crippen LogP contribution in [0.5, 0.6) is 0 Å². The minimum Gasteiger partial charge on any atom is -0.444 e. The van der Waals surface area contributed by atoms with Crippen molar-refractivity contribution in [1.29, 1.82) is 0 Å². The number of ether oxygens (including phenoxy) is 2. The second kappa shape index (κ2) is 22.6. The number of hydroxylamine groups is 3. The van der Waals surface area contributed by atoms with Crippen LogP contribution in [-0.2, 0) is 9.47 Å². The summed E-state index contributed by atoms with van der Waals surface area (Å²) in [4.78, 5) is 13.6. The van der Waals surface area contributed by atoms with Crippen LogP contribution in [0.4, 0.5) is 4.79 Å². The molecule has 3 atom stereocenters. The van der Waals surface area contributed by atoms with Gasteiger partial charge in [0.15, 0.2) is 0 Å². The van der Waals surface area contributed by atoms with Gasteiger partial charge < -0.3 is 24.8 Å². The first-order valence-electron chi connectivity index (χ1n) is 17.9. The van der Waals surface area contributed by atoms with E-state index >= 15 is 0 Å². The molecule has 8 nitrogen and oxygen atoms in total. The lowest BCUT2D eigenvalue weighted by atomic mass is 9.80. The molecule has 0 unspecified atom stereocenters. The van der Waals surface area contributed by atoms with Crippen LogP contribution in [0, 0.1) is 17.8 Å². The van der Waals surface area contributed by atoms with E-state index < -0.39 is 0 Å². The van der Waals surface area contributed by atoms with E-state index in [2.05, 4.69) is 63.5 Å². The third-order valence-corrected chi connectivity index (χ3v) is 8.20. The summed E-state index contributed by atoms with van der Waals surface area (Å²) in [6, 6.07) is 9.12. The quantitative estimate of drug-likeness (QED) is 0.162. The highest BCUT2D eigenvalue weighted by atomic mass is 16.6. The van der Waals surface area contributed by atoms with Crippen molar-refractivity contribution in [1.82, 2.24) is 15.4 Å². The molecular formula is C38H71N3O5. The Kier molecular flexibility index (Phi) is 20.6. The normalized spacial score (nSPS) is 20.7. The molecule has 1 amide bonds. The van der Waals surface area contributed by atoms with E-state index in [1.165, 1.54) is 41.0 Å². The first-order valence-corrected chi connectivity index (χ1v) is 17.9. The number of carbonyl (C=O) groups excluding carboxylic acids is 1. The Hall–Kier alpha value is -1.97. The number of hydrogen-bond donors (Lipinski definition) is 3. The van der Waals surface area contributed by atoms with Crippen molar-refractivity contribution in [2.45, 2.75) is 131 Å². The number of piperidine rings is 1. The van der Waals surface area contributed by atoms with Crippen LogP contribution in [0.15, 0.2) is 30.3 Å². The molecule has 0 bridgehead atoms. The monoisotopic (exact) mass is 650 g/mol. The number of carbonyl (C=O) groups is 1. The van der Waals surface area contributed by atoms with E-state index in [-0.39, 0.29) is 13.1 Å². The zero-order valence-corrected chi connectivity index (χ0v) is 31.0. The Morgan fingerprint density at radius 1 is 1.11 bits per heavy atom. The third-order valence-electron chi connectivity index (χ3n) is 8.20. The Labute approximate surface area is 283 Å². The minimum absolute atomic E-state index is 0. The van der Waals surface area contributed by atoms with E-state index in [1.807, 2.05) is 39.5 Å². The summed E-state index contributed by atoms with van der Waals surface area (Å²) in [6.45, 7) is 22.2. The molecule has 1 saturated carbocycles. The van der Waals surface area contributed by atoms with Crippen LogP contribution < -0.4 is 5.48 Å². The zero-order valence-electron chi connectivity index (χ0n) is 31.0. The smallest absolute Gasteiger partial charge is 0.410 e. The van der Waals surface area contributed by atoms with Gasteiger partial charge in [-0.1, -0.05) is 78.3 Å². The summed E-state index contributed by atoms with van der Waals surface area (Å²) >= 11 is 0. The van der Waals surface area contributed by atoms with Crippen LogP contribution in [0.3, 0.4) is 0 Å². The van der Waals surface area contributed by atoms with Gasteiger partial charge in [0.05, 0.1) is 0 Å². The van der Waals surface area contributed by atoms with Gasteiger partial charge in [0.1, 0.15) is 5.60 Å². The maximum Gasteiger partial charge on any atom is 0.410 e. The van der Waals surface area contributed by atoms with Crippen LogP contribution in [0.1, 0.15) is 132 Å². The van der Waals surface area contributed by atoms with E-state index in [1.54, 1.807) is 7.11 Å². The van der Waals surface area contributed by atoms with Gasteiger partial charge >= 0.3 is 6.09 Å². The number of amides is 1. The standard InChI is InChI=1S/C19H27NO2.C12H23NO2.C5H13NO.C2H6.H2/c1-22-13-5-4-6-15-9-10-16(14-20(21)17-11-12-17)19-8-3-2-7-18(15)19;1-9-6-10(2)8-13(7-9)11(14)15-12(3,4)5;1-5(2)3-4-6-7;1-2;/h2-3,7-8,10,15,17,21H,4-6,9,11-14H2,1H3;9-10H,6-8H2,1-5H3;5-7H,3-4H2,1-2H3;1-2H3;1H/t15-;9-,10+;;;/m0..../s1. The van der Waals surface area contributed by atoms with Gasteiger partial charge in [-0.2, -0.15) is 5.06 Å². The molecule has 46 heavy (non-hydrogen) atoms. The Bertz CT molecular complexity index is 986. The van der Waals surface area contributed by atoms with Gasteiger partial charge in [0.2, 0.25) is 0 Å². The van der Waals surface area contributed by atoms with Crippen molar-refractivity contribution in [3.8, 4) is 0 Å². The molecule has 1 heterocycles. The lowest BCUT2D eigenvalue weighted by molar-refractivity contribution is -0.0867. The number of nitrogens with zero attached hydrogens (tertiary/aromatic N) is 2. The fraction of sp³-hybridized carbons (Fsp3) is 0.763. The van der Waals surface area contributed by atoms with Crippen LogP contribution in [-0.4, -0.2) is 78.0 Å². The Balaban J connectivity index is 0.000000736. The summed E-state index contributed by atoms with van der Waals surface area (Å²) in [5.74, 6) is 2.46. The summed E-state index contributed by atoms with van der Waals surface area (Å²) in [5.41, 5.74) is 5.80. The molecule has 1 aromatic rings. The van der Waals surface area contributed by atoms with E-state index in [9.17, 15) is 10.0 Å². The second-order valence-corrected chi connectivity index (χ2v) is 14.5. The molecule has 0 aromatic heterocycles. The van der Waals surface area contributed by atoms with Crippen molar-refractivity contribution >= 4 is 11.7 Å². The van der Waals surface area contributed by atoms with Crippen LogP contribution >= 0.6 is 0 Å². The fourth-order valence-electron chi connectivity index (χ4n) is 5.90. The fourth-order valence-corrected chi connectivity index (χ4v) is 5.90. The number of allylic oxidation sites excluding steroid dienone is 1. The lowest BCUT2D eigenvalue weighted by Crippen LogP contribution is -2.44. The molecule has 3 aliphatic rings. The first kappa shape index (κ1) is 42.1.